The summed E-state index contributed by atoms with van der Waals surface area (Å²) in [7, 11) is 1.62. The number of hydrogen-bond acceptors (Lipinski definition) is 6. The van der Waals surface area contributed by atoms with Crippen molar-refractivity contribution in [2.24, 2.45) is 5.92 Å². The van der Waals surface area contributed by atoms with Crippen LogP contribution >= 0.6 is 0 Å². The van der Waals surface area contributed by atoms with Gasteiger partial charge in [-0.15, -0.1) is 0 Å². The van der Waals surface area contributed by atoms with Gasteiger partial charge in [-0.25, -0.2) is 0 Å². The summed E-state index contributed by atoms with van der Waals surface area (Å²) < 4.78 is 11.2. The molecule has 27 heavy (non-hydrogen) atoms. The normalized spacial score (nSPS) is 28.0. The molecule has 0 bridgehead atoms. The maximum Gasteiger partial charge on any atom is 0.128 e. The maximum atomic E-state index is 10.3. The van der Waals surface area contributed by atoms with Crippen LogP contribution in [0.5, 0.6) is 11.5 Å². The molecule has 0 saturated heterocycles. The lowest BCUT2D eigenvalue weighted by Gasteiger charge is -2.39. The highest BCUT2D eigenvalue weighted by molar-refractivity contribution is 5.39. The quantitative estimate of drug-likeness (QED) is 0.605. The first-order valence-electron chi connectivity index (χ1n) is 9.06. The summed E-state index contributed by atoms with van der Waals surface area (Å²) >= 11 is 0. The molecule has 0 radical (unpaired) electrons. The van der Waals surface area contributed by atoms with Gasteiger partial charge in [0.25, 0.3) is 0 Å². The van der Waals surface area contributed by atoms with Gasteiger partial charge in [-0.05, 0) is 35.7 Å². The molecule has 1 fully saturated rings. The van der Waals surface area contributed by atoms with Crippen LogP contribution in [0.25, 0.3) is 0 Å². The van der Waals surface area contributed by atoms with Crippen molar-refractivity contribution in [1.82, 2.24) is 0 Å². The SMILES string of the molecule is COc1ccc(Cc2ccccc2O[C@H]2C[C@@H](CO)[C@@H](O)[C@H](O)[C@H]2O)cc1. The van der Waals surface area contributed by atoms with E-state index in [0.717, 1.165) is 16.9 Å². The highest BCUT2D eigenvalue weighted by atomic mass is 16.5. The van der Waals surface area contributed by atoms with Gasteiger partial charge in [0.05, 0.1) is 13.2 Å². The van der Waals surface area contributed by atoms with Crippen LogP contribution < -0.4 is 9.47 Å². The molecule has 6 nitrogen and oxygen atoms in total. The number of benzene rings is 2. The summed E-state index contributed by atoms with van der Waals surface area (Å²) in [5, 5.41) is 39.7. The van der Waals surface area contributed by atoms with Gasteiger partial charge < -0.3 is 29.9 Å². The number of aliphatic hydroxyl groups is 4. The predicted molar refractivity (Wildman–Crippen MR) is 99.9 cm³/mol. The van der Waals surface area contributed by atoms with Crippen molar-refractivity contribution in [1.29, 1.82) is 0 Å². The summed E-state index contributed by atoms with van der Waals surface area (Å²) in [6, 6.07) is 15.3. The molecule has 1 aliphatic carbocycles. The van der Waals surface area contributed by atoms with Crippen LogP contribution in [0.15, 0.2) is 48.5 Å². The Morgan fingerprint density at radius 1 is 0.926 bits per heavy atom. The minimum Gasteiger partial charge on any atom is -0.497 e. The number of ether oxygens (including phenoxy) is 2. The Balaban J connectivity index is 1.77. The van der Waals surface area contributed by atoms with E-state index in [1.807, 2.05) is 48.5 Å². The van der Waals surface area contributed by atoms with E-state index in [-0.39, 0.29) is 13.0 Å². The molecule has 6 heteroatoms. The third-order valence-corrected chi connectivity index (χ3v) is 5.14. The fourth-order valence-corrected chi connectivity index (χ4v) is 3.47. The molecule has 4 N–H and O–H groups in total. The molecule has 0 heterocycles. The van der Waals surface area contributed by atoms with E-state index in [2.05, 4.69) is 0 Å². The minimum atomic E-state index is -1.35. The molecule has 2 aromatic rings. The summed E-state index contributed by atoms with van der Waals surface area (Å²) in [6.07, 6.45) is -3.56. The first kappa shape index (κ1) is 19.6. The van der Waals surface area contributed by atoms with Gasteiger partial charge >= 0.3 is 0 Å². The smallest absolute Gasteiger partial charge is 0.128 e. The molecule has 0 amide bonds. The third-order valence-electron chi connectivity index (χ3n) is 5.14. The maximum absolute atomic E-state index is 10.3. The van der Waals surface area contributed by atoms with Crippen molar-refractivity contribution in [3.63, 3.8) is 0 Å². The number of aliphatic hydroxyl groups excluding tert-OH is 4. The van der Waals surface area contributed by atoms with Crippen LogP contribution in [0.1, 0.15) is 17.5 Å². The lowest BCUT2D eigenvalue weighted by atomic mass is 9.81. The van der Waals surface area contributed by atoms with Gasteiger partial charge in [-0.3, -0.25) is 0 Å². The van der Waals surface area contributed by atoms with E-state index in [4.69, 9.17) is 9.47 Å². The largest absolute Gasteiger partial charge is 0.497 e. The molecule has 3 rings (SSSR count). The molecule has 0 aromatic heterocycles. The van der Waals surface area contributed by atoms with Crippen molar-refractivity contribution in [3.05, 3.63) is 59.7 Å². The van der Waals surface area contributed by atoms with Gasteiger partial charge in [0.15, 0.2) is 0 Å². The Bertz CT molecular complexity index is 730. The van der Waals surface area contributed by atoms with Crippen LogP contribution in [0.2, 0.25) is 0 Å². The first-order chi connectivity index (χ1) is 13.0. The molecule has 5 atom stereocenters. The fraction of sp³-hybridized carbons (Fsp3) is 0.429. The Morgan fingerprint density at radius 3 is 2.30 bits per heavy atom. The van der Waals surface area contributed by atoms with Crippen molar-refractivity contribution < 1.29 is 29.9 Å². The average Bonchev–Trinajstić information content (AvgIpc) is 2.70. The van der Waals surface area contributed by atoms with Crippen molar-refractivity contribution in [3.8, 4) is 11.5 Å². The van der Waals surface area contributed by atoms with Crippen molar-refractivity contribution in [2.45, 2.75) is 37.3 Å². The highest BCUT2D eigenvalue weighted by Gasteiger charge is 2.43. The number of methoxy groups -OCH3 is 1. The van der Waals surface area contributed by atoms with Gasteiger partial charge in [0.2, 0.25) is 0 Å². The summed E-state index contributed by atoms with van der Waals surface area (Å²) in [5.41, 5.74) is 2.02. The molecule has 1 saturated carbocycles. The van der Waals surface area contributed by atoms with Crippen molar-refractivity contribution in [2.75, 3.05) is 13.7 Å². The van der Waals surface area contributed by atoms with E-state index in [1.165, 1.54) is 0 Å². The van der Waals surface area contributed by atoms with E-state index in [9.17, 15) is 20.4 Å². The van der Waals surface area contributed by atoms with E-state index < -0.39 is 30.3 Å². The number of para-hydroxylation sites is 1. The monoisotopic (exact) mass is 374 g/mol. The Morgan fingerprint density at radius 2 is 1.63 bits per heavy atom. The third kappa shape index (κ3) is 4.42. The zero-order valence-electron chi connectivity index (χ0n) is 15.2. The number of rotatable bonds is 6. The Hall–Kier alpha value is -2.12. The second-order valence-corrected chi connectivity index (χ2v) is 6.94. The predicted octanol–water partition coefficient (Wildman–Crippen LogP) is 1.13. The molecule has 0 spiro atoms. The zero-order chi connectivity index (χ0) is 19.4. The zero-order valence-corrected chi connectivity index (χ0v) is 15.2. The molecule has 0 aliphatic heterocycles. The highest BCUT2D eigenvalue weighted by Crippen LogP contribution is 2.31. The molecule has 0 unspecified atom stereocenters. The lowest BCUT2D eigenvalue weighted by molar-refractivity contribution is -0.157. The minimum absolute atomic E-state index is 0.257. The van der Waals surface area contributed by atoms with Gasteiger partial charge in [0.1, 0.15) is 29.8 Å². The van der Waals surface area contributed by atoms with E-state index in [0.29, 0.717) is 12.2 Å². The van der Waals surface area contributed by atoms with Crippen LogP contribution in [-0.4, -0.2) is 58.6 Å². The van der Waals surface area contributed by atoms with Gasteiger partial charge in [-0.2, -0.15) is 0 Å². The average molecular weight is 374 g/mol. The molecule has 2 aromatic carbocycles. The van der Waals surface area contributed by atoms with Crippen molar-refractivity contribution >= 4 is 0 Å². The Labute approximate surface area is 158 Å². The van der Waals surface area contributed by atoms with Crippen LogP contribution in [0.4, 0.5) is 0 Å². The second kappa shape index (κ2) is 8.71. The van der Waals surface area contributed by atoms with Gasteiger partial charge in [0, 0.05) is 18.9 Å². The van der Waals surface area contributed by atoms with Gasteiger partial charge in [-0.1, -0.05) is 30.3 Å². The lowest BCUT2D eigenvalue weighted by Crippen LogP contribution is -2.56. The number of hydrogen-bond donors (Lipinski definition) is 4. The topological polar surface area (TPSA) is 99.4 Å². The summed E-state index contributed by atoms with van der Waals surface area (Å²) in [4.78, 5) is 0. The fourth-order valence-electron chi connectivity index (χ4n) is 3.47. The van der Waals surface area contributed by atoms with E-state index in [1.54, 1.807) is 7.11 Å². The van der Waals surface area contributed by atoms with Crippen LogP contribution in [0, 0.1) is 5.92 Å². The first-order valence-corrected chi connectivity index (χ1v) is 9.06. The van der Waals surface area contributed by atoms with Crippen LogP contribution in [0.3, 0.4) is 0 Å². The van der Waals surface area contributed by atoms with Crippen LogP contribution in [-0.2, 0) is 6.42 Å². The molecule has 146 valence electrons. The molecular formula is C21H26O6. The van der Waals surface area contributed by atoms with E-state index >= 15 is 0 Å². The molecular weight excluding hydrogens is 348 g/mol. The second-order valence-electron chi connectivity index (χ2n) is 6.94. The summed E-state index contributed by atoms with van der Waals surface area (Å²) in [6.45, 7) is -0.279. The molecule has 1 aliphatic rings. The summed E-state index contributed by atoms with van der Waals surface area (Å²) in [5.74, 6) is 0.857. The Kier molecular flexibility index (Phi) is 6.34. The standard InChI is InChI=1S/C21H26O6/c1-26-16-8-6-13(7-9-16)10-14-4-2-3-5-17(14)27-18-11-15(12-22)19(23)21(25)20(18)24/h2-9,15,18-25H,10-12H2,1H3/t15-,18-,19+,20-,21-/m0/s1.